The molecule has 4 amide bonds. The summed E-state index contributed by atoms with van der Waals surface area (Å²) in [5.41, 5.74) is 6.43. The topological polar surface area (TPSA) is 157 Å². The molecule has 0 saturated carbocycles. The number of carbonyl (C=O) groups is 4. The molecule has 0 aromatic heterocycles. The van der Waals surface area contributed by atoms with E-state index in [-0.39, 0.29) is 18.9 Å². The van der Waals surface area contributed by atoms with Gasteiger partial charge in [-0.15, -0.1) is 0 Å². The van der Waals surface area contributed by atoms with E-state index >= 15 is 0 Å². The monoisotopic (exact) mass is 527 g/mol. The lowest BCUT2D eigenvalue weighted by Gasteiger charge is -2.32. The molecule has 200 valence electrons. The van der Waals surface area contributed by atoms with Gasteiger partial charge >= 0.3 is 12.0 Å². The molecule has 0 bridgehead atoms. The van der Waals surface area contributed by atoms with Crippen LogP contribution in [0.5, 0.6) is 0 Å². The highest BCUT2D eigenvalue weighted by Gasteiger charge is 2.55. The van der Waals surface area contributed by atoms with E-state index in [1.807, 2.05) is 30.3 Å². The van der Waals surface area contributed by atoms with E-state index in [4.69, 9.17) is 11.1 Å². The highest BCUT2D eigenvalue weighted by Crippen LogP contribution is 2.38. The minimum absolute atomic E-state index is 0.115. The molecule has 39 heavy (non-hydrogen) atoms. The number of benzene rings is 3. The van der Waals surface area contributed by atoms with Gasteiger partial charge in [0, 0.05) is 18.7 Å². The number of hydrogen-bond acceptors (Lipinski definition) is 5. The molecule has 5 N–H and O–H groups in total. The van der Waals surface area contributed by atoms with Crippen LogP contribution in [0.3, 0.4) is 0 Å². The van der Waals surface area contributed by atoms with Crippen LogP contribution >= 0.6 is 0 Å². The highest BCUT2D eigenvalue weighted by atomic mass is 16.4. The van der Waals surface area contributed by atoms with Gasteiger partial charge in [0.2, 0.25) is 5.91 Å². The van der Waals surface area contributed by atoms with Crippen LogP contribution in [-0.2, 0) is 26.5 Å². The van der Waals surface area contributed by atoms with E-state index in [2.05, 4.69) is 5.32 Å². The van der Waals surface area contributed by atoms with E-state index in [1.54, 1.807) is 61.5 Å². The normalized spacial score (nSPS) is 17.7. The van der Waals surface area contributed by atoms with Crippen LogP contribution in [0, 0.1) is 5.41 Å². The number of nitrogens with two attached hydrogens (primary N) is 1. The van der Waals surface area contributed by atoms with Crippen LogP contribution in [0.1, 0.15) is 35.1 Å². The standard InChI is InChI=1S/C29H29N5O5/c1-29(22-14-12-21(13-15-22)25(30)31)27(38)33(28(39)34(29)17-19-8-4-2-5-9-19)18-24(35)32-16-23(26(36)37)20-10-6-3-7-11-20/h2-15,23H,16-18H2,1H3,(H3,30,31)(H,32,35)(H,36,37). The average molecular weight is 528 g/mol. The second-order valence-electron chi connectivity index (χ2n) is 9.41. The maximum Gasteiger partial charge on any atom is 0.328 e. The molecule has 4 rings (SSSR count). The number of rotatable bonds is 10. The molecule has 2 unspecified atom stereocenters. The number of urea groups is 1. The zero-order valence-corrected chi connectivity index (χ0v) is 21.3. The predicted molar refractivity (Wildman–Crippen MR) is 144 cm³/mol. The lowest BCUT2D eigenvalue weighted by molar-refractivity contribution is -0.139. The van der Waals surface area contributed by atoms with Gasteiger partial charge in [0.05, 0.1) is 5.92 Å². The van der Waals surface area contributed by atoms with Crippen molar-refractivity contribution in [2.24, 2.45) is 5.73 Å². The number of carbonyl (C=O) groups excluding carboxylic acids is 3. The first-order valence-electron chi connectivity index (χ1n) is 12.3. The summed E-state index contributed by atoms with van der Waals surface area (Å²) in [7, 11) is 0. The summed E-state index contributed by atoms with van der Waals surface area (Å²) >= 11 is 0. The van der Waals surface area contributed by atoms with Crippen molar-refractivity contribution >= 4 is 29.7 Å². The van der Waals surface area contributed by atoms with Crippen molar-refractivity contribution in [3.8, 4) is 0 Å². The lowest BCUT2D eigenvalue weighted by Crippen LogP contribution is -2.44. The first kappa shape index (κ1) is 27.1. The molecule has 10 heteroatoms. The summed E-state index contributed by atoms with van der Waals surface area (Å²) in [6.45, 7) is 0.966. The summed E-state index contributed by atoms with van der Waals surface area (Å²) < 4.78 is 0. The van der Waals surface area contributed by atoms with Crippen molar-refractivity contribution in [2.45, 2.75) is 24.9 Å². The molecule has 3 aromatic rings. The molecular formula is C29H29N5O5. The summed E-state index contributed by atoms with van der Waals surface area (Å²) in [6.07, 6.45) is 0. The van der Waals surface area contributed by atoms with Crippen molar-refractivity contribution < 1.29 is 24.3 Å². The lowest BCUT2D eigenvalue weighted by atomic mass is 9.89. The molecule has 1 aliphatic heterocycles. The van der Waals surface area contributed by atoms with Crippen LogP contribution in [-0.4, -0.2) is 57.6 Å². The number of nitrogen functional groups attached to an aromatic ring is 1. The van der Waals surface area contributed by atoms with Gasteiger partial charge in [-0.2, -0.15) is 0 Å². The molecule has 1 saturated heterocycles. The molecule has 0 spiro atoms. The number of amidine groups is 1. The Morgan fingerprint density at radius 3 is 2.13 bits per heavy atom. The Balaban J connectivity index is 1.58. The first-order chi connectivity index (χ1) is 18.6. The summed E-state index contributed by atoms with van der Waals surface area (Å²) in [6, 6.07) is 23.5. The summed E-state index contributed by atoms with van der Waals surface area (Å²) in [5.74, 6) is -3.47. The smallest absolute Gasteiger partial charge is 0.328 e. The molecule has 0 aliphatic carbocycles. The van der Waals surface area contributed by atoms with Crippen molar-refractivity contribution in [3.63, 3.8) is 0 Å². The fraction of sp³-hybridized carbons (Fsp3) is 0.207. The second-order valence-corrected chi connectivity index (χ2v) is 9.41. The van der Waals surface area contributed by atoms with E-state index in [9.17, 15) is 24.3 Å². The van der Waals surface area contributed by atoms with Gasteiger partial charge < -0.3 is 21.1 Å². The summed E-state index contributed by atoms with van der Waals surface area (Å²) in [4.78, 5) is 54.3. The third-order valence-electron chi connectivity index (χ3n) is 6.91. The van der Waals surface area contributed by atoms with Gasteiger partial charge in [-0.1, -0.05) is 84.9 Å². The van der Waals surface area contributed by atoms with Crippen LogP contribution in [0.25, 0.3) is 0 Å². The zero-order valence-electron chi connectivity index (χ0n) is 21.3. The minimum Gasteiger partial charge on any atom is -0.481 e. The first-order valence-corrected chi connectivity index (χ1v) is 12.3. The number of nitrogens with zero attached hydrogens (tertiary/aromatic N) is 2. The van der Waals surface area contributed by atoms with Gasteiger partial charge in [0.25, 0.3) is 5.91 Å². The van der Waals surface area contributed by atoms with E-state index < -0.39 is 41.8 Å². The predicted octanol–water partition coefficient (Wildman–Crippen LogP) is 2.63. The van der Waals surface area contributed by atoms with Crippen molar-refractivity contribution in [2.75, 3.05) is 13.1 Å². The van der Waals surface area contributed by atoms with Crippen LogP contribution in [0.4, 0.5) is 4.79 Å². The van der Waals surface area contributed by atoms with Gasteiger partial charge in [-0.25, -0.2) is 4.79 Å². The zero-order chi connectivity index (χ0) is 28.2. The molecule has 1 fully saturated rings. The number of amides is 4. The maximum absolute atomic E-state index is 13.8. The molecule has 0 radical (unpaired) electrons. The number of nitrogens with one attached hydrogen (secondary N) is 2. The Hall–Kier alpha value is -4.99. The Morgan fingerprint density at radius 1 is 0.974 bits per heavy atom. The summed E-state index contributed by atoms with van der Waals surface area (Å²) in [5, 5.41) is 19.8. The quantitative estimate of drug-likeness (QED) is 0.180. The van der Waals surface area contributed by atoms with E-state index in [0.29, 0.717) is 16.7 Å². The largest absolute Gasteiger partial charge is 0.481 e. The SMILES string of the molecule is CC1(c2ccc(C(=N)N)cc2)C(=O)N(CC(=O)NCC(C(=O)O)c2ccccc2)C(=O)N1Cc1ccccc1. The Labute approximate surface area is 225 Å². The van der Waals surface area contributed by atoms with Crippen LogP contribution in [0.15, 0.2) is 84.9 Å². The van der Waals surface area contributed by atoms with Gasteiger partial charge in [-0.05, 0) is 23.6 Å². The Bertz CT molecular complexity index is 1390. The highest BCUT2D eigenvalue weighted by molar-refractivity contribution is 6.09. The molecule has 1 heterocycles. The number of carboxylic acids is 1. The second kappa shape index (κ2) is 11.2. The Morgan fingerprint density at radius 2 is 1.56 bits per heavy atom. The third kappa shape index (κ3) is 5.49. The van der Waals surface area contributed by atoms with Crippen LogP contribution in [0.2, 0.25) is 0 Å². The van der Waals surface area contributed by atoms with Crippen molar-refractivity contribution in [1.29, 1.82) is 5.41 Å². The third-order valence-corrected chi connectivity index (χ3v) is 6.91. The maximum atomic E-state index is 13.8. The Kier molecular flexibility index (Phi) is 7.75. The van der Waals surface area contributed by atoms with E-state index in [0.717, 1.165) is 10.5 Å². The number of aliphatic carboxylic acids is 1. The fourth-order valence-electron chi connectivity index (χ4n) is 4.64. The average Bonchev–Trinajstić information content (AvgIpc) is 3.11. The van der Waals surface area contributed by atoms with Crippen molar-refractivity contribution in [1.82, 2.24) is 15.1 Å². The van der Waals surface area contributed by atoms with Gasteiger partial charge in [0.15, 0.2) is 0 Å². The van der Waals surface area contributed by atoms with Gasteiger partial charge in [0.1, 0.15) is 17.9 Å². The molecule has 1 aliphatic rings. The fourth-order valence-corrected chi connectivity index (χ4v) is 4.64. The molecule has 3 aromatic carbocycles. The molecule has 2 atom stereocenters. The van der Waals surface area contributed by atoms with Gasteiger partial charge in [-0.3, -0.25) is 24.7 Å². The van der Waals surface area contributed by atoms with Crippen LogP contribution < -0.4 is 11.1 Å². The van der Waals surface area contributed by atoms with E-state index in [1.165, 1.54) is 4.90 Å². The minimum atomic E-state index is -1.43. The molecular weight excluding hydrogens is 498 g/mol. The number of imide groups is 1. The molecule has 10 nitrogen and oxygen atoms in total. The number of hydrogen-bond donors (Lipinski definition) is 4. The van der Waals surface area contributed by atoms with Crippen molar-refractivity contribution in [3.05, 3.63) is 107 Å². The number of carboxylic acid groups (broad SMARTS) is 1.